The second-order valence-electron chi connectivity index (χ2n) is 8.24. The first kappa shape index (κ1) is 61.7. The van der Waals surface area contributed by atoms with Gasteiger partial charge < -0.3 is 12.3 Å². The van der Waals surface area contributed by atoms with Crippen LogP contribution >= 0.6 is 0 Å². The van der Waals surface area contributed by atoms with Gasteiger partial charge in [0.25, 0.3) is 0 Å². The largest absolute Gasteiger partial charge is 0.437 e. The maximum absolute atomic E-state index is 8.00. The van der Waals surface area contributed by atoms with Gasteiger partial charge in [0.15, 0.2) is 16.6 Å². The smallest absolute Gasteiger partial charge is 0.350 e. The summed E-state index contributed by atoms with van der Waals surface area (Å²) in [6.07, 6.45) is 0. The molecular weight excluding hydrogens is 663 g/mol. The average molecular weight is 697 g/mol. The van der Waals surface area contributed by atoms with Crippen LogP contribution in [0.2, 0.25) is 58.9 Å². The molecule has 0 aliphatic rings. The molecule has 0 radical (unpaired) electrons. The minimum absolute atomic E-state index is 0. The second-order valence-corrected chi connectivity index (χ2v) is 24.4. The summed E-state index contributed by atoms with van der Waals surface area (Å²) in [7, 11) is -8.07. The molecule has 3 nitrogen and oxygen atoms in total. The monoisotopic (exact) mass is 696 g/mol. The van der Waals surface area contributed by atoms with Crippen LogP contribution in [0.4, 0.5) is 77.9 Å². The van der Waals surface area contributed by atoms with Crippen LogP contribution in [0.3, 0.4) is 0 Å². The molecule has 0 aliphatic heterocycles. The number of halogens is 17. The standard InChI is InChI=1S/C15H32O3Si4.8F2.FH/c1-19(2,3)16-21(7,8)18-22(9,17-20(4,5)6)15-13-11-10-12-14-15;8*1-2;/h10-14H,1-9H3;;;;;;;;;1H. The Balaban J connectivity index is -0.0000000647. The van der Waals surface area contributed by atoms with Gasteiger partial charge in [0.05, 0.1) is 0 Å². The molecule has 1 atom stereocenters. The van der Waals surface area contributed by atoms with Crippen molar-refractivity contribution in [1.82, 2.24) is 0 Å². The van der Waals surface area contributed by atoms with Crippen molar-refractivity contribution in [2.24, 2.45) is 0 Å². The van der Waals surface area contributed by atoms with E-state index >= 15 is 0 Å². The van der Waals surface area contributed by atoms with E-state index in [0.717, 1.165) is 0 Å². The van der Waals surface area contributed by atoms with E-state index in [1.54, 1.807) is 0 Å². The van der Waals surface area contributed by atoms with Crippen LogP contribution in [0.15, 0.2) is 30.3 Å². The Morgan fingerprint density at radius 1 is 0.410 bits per heavy atom. The van der Waals surface area contributed by atoms with Crippen LogP contribution in [0.5, 0.6) is 0 Å². The Hall–Kier alpha value is -1.22. The summed E-state index contributed by atoms with van der Waals surface area (Å²) in [5.41, 5.74) is 0. The number of hydrogen-bond donors (Lipinski definition) is 0. The van der Waals surface area contributed by atoms with E-state index < -0.39 is 33.8 Å². The highest BCUT2D eigenvalue weighted by molar-refractivity contribution is 6.94. The molecule has 0 aliphatic carbocycles. The molecule has 0 bridgehead atoms. The summed E-state index contributed by atoms with van der Waals surface area (Å²) in [6.45, 7) is 19.8. The van der Waals surface area contributed by atoms with E-state index in [2.05, 4.69) is 83.2 Å². The first-order chi connectivity index (χ1) is 17.7. The summed E-state index contributed by atoms with van der Waals surface area (Å²) < 4.78 is 148. The molecule has 0 saturated heterocycles. The lowest BCUT2D eigenvalue weighted by Crippen LogP contribution is -2.62. The van der Waals surface area contributed by atoms with E-state index in [9.17, 15) is 0 Å². The zero-order valence-electron chi connectivity index (χ0n) is 22.1. The fourth-order valence-corrected chi connectivity index (χ4v) is 19.8. The van der Waals surface area contributed by atoms with Gasteiger partial charge in [-0.3, -0.25) is 4.70 Å². The maximum atomic E-state index is 8.00. The molecule has 0 saturated carbocycles. The number of rotatable bonds is 7. The lowest BCUT2D eigenvalue weighted by atomic mass is 10.4. The molecule has 39 heavy (non-hydrogen) atoms. The van der Waals surface area contributed by atoms with E-state index in [1.807, 2.05) is 6.07 Å². The van der Waals surface area contributed by atoms with Crippen molar-refractivity contribution in [3.05, 3.63) is 30.3 Å². The van der Waals surface area contributed by atoms with Gasteiger partial charge in [-0.05, 0) is 64.1 Å². The van der Waals surface area contributed by atoms with Crippen LogP contribution < -0.4 is 5.19 Å². The molecule has 0 spiro atoms. The maximum Gasteiger partial charge on any atom is 0.350 e. The van der Waals surface area contributed by atoms with Crippen LogP contribution in [0.1, 0.15) is 0 Å². The second kappa shape index (κ2) is 41.3. The van der Waals surface area contributed by atoms with Crippen LogP contribution in [0, 0.1) is 0 Å². The molecule has 0 heterocycles. The van der Waals surface area contributed by atoms with Crippen molar-refractivity contribution in [3.8, 4) is 0 Å². The third-order valence-corrected chi connectivity index (χ3v) is 16.1. The SMILES string of the molecule is C[Si](C)(C)O[Si](C)(C)O[Si](C)(O[Si](C)(C)C)c1ccccc1.F.FF.FF.FF.FF.FF.FF.FF.FF. The van der Waals surface area contributed by atoms with Crippen molar-refractivity contribution in [1.29, 1.82) is 0 Å². The molecule has 1 aromatic rings. The summed E-state index contributed by atoms with van der Waals surface area (Å²) >= 11 is 0. The first-order valence-electron chi connectivity index (χ1n) is 9.03. The summed E-state index contributed by atoms with van der Waals surface area (Å²) in [4.78, 5) is 0. The topological polar surface area (TPSA) is 27.7 Å². The lowest BCUT2D eigenvalue weighted by Gasteiger charge is -2.41. The quantitative estimate of drug-likeness (QED) is 0.210. The zero-order valence-corrected chi connectivity index (χ0v) is 26.1. The third-order valence-electron chi connectivity index (χ3n) is 2.79. The highest BCUT2D eigenvalue weighted by atomic mass is 28.5. The highest BCUT2D eigenvalue weighted by Gasteiger charge is 2.45. The molecule has 0 N–H and O–H groups in total. The molecule has 1 unspecified atom stereocenters. The number of benzene rings is 1. The molecular formula is C15H33F17O3Si4. The Kier molecular flexibility index (Phi) is 65.3. The van der Waals surface area contributed by atoms with E-state index in [4.69, 9.17) is 85.5 Å². The predicted molar refractivity (Wildman–Crippen MR) is 125 cm³/mol. The minimum Gasteiger partial charge on any atom is -0.437 e. The van der Waals surface area contributed by atoms with Gasteiger partial charge in [0.2, 0.25) is 0 Å². The van der Waals surface area contributed by atoms with Crippen molar-refractivity contribution in [2.75, 3.05) is 0 Å². The van der Waals surface area contributed by atoms with E-state index in [0.29, 0.717) is 0 Å². The van der Waals surface area contributed by atoms with E-state index in [-0.39, 0.29) is 4.70 Å². The fraction of sp³-hybridized carbons (Fsp3) is 0.600. The van der Waals surface area contributed by atoms with Crippen molar-refractivity contribution in [3.63, 3.8) is 0 Å². The highest BCUT2D eigenvalue weighted by Crippen LogP contribution is 2.24. The van der Waals surface area contributed by atoms with Gasteiger partial charge >= 0.3 is 17.1 Å². The van der Waals surface area contributed by atoms with Gasteiger partial charge in [0.1, 0.15) is 0 Å². The first-order valence-corrected chi connectivity index (χ1v) is 21.0. The summed E-state index contributed by atoms with van der Waals surface area (Å²) in [6, 6.07) is 10.4. The van der Waals surface area contributed by atoms with Gasteiger partial charge in [0, 0.05) is 73.2 Å². The van der Waals surface area contributed by atoms with Crippen molar-refractivity contribution in [2.45, 2.75) is 58.9 Å². The van der Waals surface area contributed by atoms with Crippen LogP contribution in [0.25, 0.3) is 0 Å². The van der Waals surface area contributed by atoms with Crippen molar-refractivity contribution >= 4 is 38.9 Å². The Morgan fingerprint density at radius 3 is 0.897 bits per heavy atom. The molecule has 0 amide bonds. The van der Waals surface area contributed by atoms with E-state index in [1.165, 1.54) is 5.19 Å². The normalized spacial score (nSPS) is 10.5. The molecule has 1 rings (SSSR count). The molecule has 246 valence electrons. The summed E-state index contributed by atoms with van der Waals surface area (Å²) in [5.74, 6) is 0. The fourth-order valence-electron chi connectivity index (χ4n) is 2.69. The predicted octanol–water partition coefficient (Wildman–Crippen LogP) is 11.3. The Labute approximate surface area is 219 Å². The lowest BCUT2D eigenvalue weighted by molar-refractivity contribution is 0.108. The zero-order chi connectivity index (χ0) is 33.2. The molecule has 1 aromatic carbocycles. The third kappa shape index (κ3) is 47.0. The summed E-state index contributed by atoms with van der Waals surface area (Å²) in [5, 5.41) is 1.19. The van der Waals surface area contributed by atoms with Gasteiger partial charge in [-0.25, -0.2) is 0 Å². The van der Waals surface area contributed by atoms with Gasteiger partial charge in [-0.2, -0.15) is 0 Å². The molecule has 0 aromatic heterocycles. The average Bonchev–Trinajstić information content (AvgIpc) is 2.91. The van der Waals surface area contributed by atoms with Gasteiger partial charge in [-0.1, -0.05) is 30.3 Å². The van der Waals surface area contributed by atoms with Crippen molar-refractivity contribution < 1.29 is 90.2 Å². The van der Waals surface area contributed by atoms with Crippen LogP contribution in [-0.2, 0) is 12.3 Å². The van der Waals surface area contributed by atoms with Crippen LogP contribution in [-0.4, -0.2) is 33.8 Å². The Morgan fingerprint density at radius 2 is 0.667 bits per heavy atom. The minimum atomic E-state index is -2.48. The number of hydrogen-bond acceptors (Lipinski definition) is 3. The Bertz CT molecular complexity index is 518. The van der Waals surface area contributed by atoms with Gasteiger partial charge in [-0.15, -0.1) is 0 Å². The molecule has 0 fully saturated rings. The molecule has 24 heteroatoms.